The van der Waals surface area contributed by atoms with Crippen LogP contribution in [0, 0.1) is 0 Å². The average Bonchev–Trinajstić information content (AvgIpc) is 2.61. The molecule has 23 heavy (non-hydrogen) atoms. The Labute approximate surface area is 137 Å². The fourth-order valence-electron chi connectivity index (χ4n) is 2.39. The minimum atomic E-state index is -0.590. The Hall–Kier alpha value is -2.17. The second kappa shape index (κ2) is 8.46. The zero-order chi connectivity index (χ0) is 16.7. The summed E-state index contributed by atoms with van der Waals surface area (Å²) in [5.41, 5.74) is 1.54. The van der Waals surface area contributed by atoms with Crippen LogP contribution < -0.4 is 10.1 Å². The molecule has 0 aromatic heterocycles. The summed E-state index contributed by atoms with van der Waals surface area (Å²) in [4.78, 5) is 12.1. The number of nitrogens with one attached hydrogen (secondary N) is 1. The van der Waals surface area contributed by atoms with Gasteiger partial charge in [-0.3, -0.25) is 4.79 Å². The van der Waals surface area contributed by atoms with Gasteiger partial charge in [0.2, 0.25) is 0 Å². The van der Waals surface area contributed by atoms with E-state index in [2.05, 4.69) is 5.32 Å². The van der Waals surface area contributed by atoms with E-state index in [1.807, 2.05) is 37.3 Å². The number of Topliss-reactive ketones (excluding diaryl/α,β-unsaturated/α-hetero) is 1. The van der Waals surface area contributed by atoms with E-state index in [1.54, 1.807) is 31.4 Å². The topological polar surface area (TPSA) is 58.6 Å². The first-order valence-electron chi connectivity index (χ1n) is 7.75. The van der Waals surface area contributed by atoms with Crippen molar-refractivity contribution in [1.82, 2.24) is 5.32 Å². The third-order valence-electron chi connectivity index (χ3n) is 3.85. The molecule has 0 aliphatic carbocycles. The largest absolute Gasteiger partial charge is 0.497 e. The van der Waals surface area contributed by atoms with Gasteiger partial charge >= 0.3 is 0 Å². The normalized spacial score (nSPS) is 13.3. The first-order chi connectivity index (χ1) is 11.1. The third kappa shape index (κ3) is 4.91. The molecule has 0 saturated heterocycles. The van der Waals surface area contributed by atoms with Crippen molar-refractivity contribution in [3.8, 4) is 5.75 Å². The van der Waals surface area contributed by atoms with Gasteiger partial charge in [-0.2, -0.15) is 0 Å². The Balaban J connectivity index is 1.80. The molecule has 0 heterocycles. The molecule has 2 aromatic rings. The van der Waals surface area contributed by atoms with Gasteiger partial charge in [0.25, 0.3) is 0 Å². The molecule has 4 nitrogen and oxygen atoms in total. The third-order valence-corrected chi connectivity index (χ3v) is 3.85. The zero-order valence-electron chi connectivity index (χ0n) is 13.5. The van der Waals surface area contributed by atoms with E-state index in [4.69, 9.17) is 4.74 Å². The van der Waals surface area contributed by atoms with Crippen molar-refractivity contribution in [2.75, 3.05) is 13.7 Å². The van der Waals surface area contributed by atoms with E-state index >= 15 is 0 Å². The van der Waals surface area contributed by atoms with Crippen LogP contribution in [0.25, 0.3) is 0 Å². The van der Waals surface area contributed by atoms with Crippen LogP contribution in [0.15, 0.2) is 54.6 Å². The number of aliphatic hydroxyl groups is 1. The Morgan fingerprint density at radius 3 is 2.39 bits per heavy atom. The first-order valence-corrected chi connectivity index (χ1v) is 7.75. The van der Waals surface area contributed by atoms with E-state index in [-0.39, 0.29) is 11.8 Å². The minimum absolute atomic E-state index is 0.0709. The maximum absolute atomic E-state index is 12.1. The minimum Gasteiger partial charge on any atom is -0.497 e. The summed E-state index contributed by atoms with van der Waals surface area (Å²) in [6.45, 7) is 2.44. The van der Waals surface area contributed by atoms with Crippen LogP contribution in [0.1, 0.15) is 35.4 Å². The van der Waals surface area contributed by atoms with Crippen molar-refractivity contribution in [2.24, 2.45) is 0 Å². The molecule has 122 valence electrons. The van der Waals surface area contributed by atoms with Crippen LogP contribution >= 0.6 is 0 Å². The summed E-state index contributed by atoms with van der Waals surface area (Å²) in [5, 5.41) is 13.5. The molecule has 0 fully saturated rings. The van der Waals surface area contributed by atoms with E-state index < -0.39 is 6.10 Å². The maximum atomic E-state index is 12.1. The van der Waals surface area contributed by atoms with Crippen molar-refractivity contribution >= 4 is 5.78 Å². The number of aliphatic hydroxyl groups excluding tert-OH is 1. The number of carbonyl (C=O) groups is 1. The molecule has 0 radical (unpaired) electrons. The summed E-state index contributed by atoms with van der Waals surface area (Å²) in [6.07, 6.45) is -0.203. The van der Waals surface area contributed by atoms with E-state index in [0.717, 1.165) is 11.3 Å². The van der Waals surface area contributed by atoms with Crippen molar-refractivity contribution in [3.05, 3.63) is 65.7 Å². The van der Waals surface area contributed by atoms with Crippen LogP contribution in [-0.4, -0.2) is 30.6 Å². The molecule has 2 atom stereocenters. The molecule has 4 heteroatoms. The van der Waals surface area contributed by atoms with Gasteiger partial charge in [0.05, 0.1) is 13.2 Å². The summed E-state index contributed by atoms with van der Waals surface area (Å²) in [5.74, 6) is 0.806. The molecule has 0 unspecified atom stereocenters. The summed E-state index contributed by atoms with van der Waals surface area (Å²) < 4.78 is 5.08. The molecule has 0 amide bonds. The van der Waals surface area contributed by atoms with E-state index in [0.29, 0.717) is 18.5 Å². The van der Waals surface area contributed by atoms with Gasteiger partial charge < -0.3 is 15.2 Å². The number of hydrogen-bond acceptors (Lipinski definition) is 4. The van der Waals surface area contributed by atoms with Crippen LogP contribution in [0.2, 0.25) is 0 Å². The monoisotopic (exact) mass is 313 g/mol. The Morgan fingerprint density at radius 1 is 1.13 bits per heavy atom. The fraction of sp³-hybridized carbons (Fsp3) is 0.316. The second-order valence-electron chi connectivity index (χ2n) is 5.50. The predicted molar refractivity (Wildman–Crippen MR) is 90.8 cm³/mol. The molecule has 2 rings (SSSR count). The van der Waals surface area contributed by atoms with Gasteiger partial charge in [-0.25, -0.2) is 0 Å². The Kier molecular flexibility index (Phi) is 6.32. The van der Waals surface area contributed by atoms with Crippen molar-refractivity contribution in [1.29, 1.82) is 0 Å². The van der Waals surface area contributed by atoms with E-state index in [9.17, 15) is 9.90 Å². The van der Waals surface area contributed by atoms with Crippen LogP contribution in [-0.2, 0) is 0 Å². The van der Waals surface area contributed by atoms with Gasteiger partial charge in [-0.05, 0) is 36.8 Å². The average molecular weight is 313 g/mol. The molecule has 2 N–H and O–H groups in total. The second-order valence-corrected chi connectivity index (χ2v) is 5.50. The standard InChI is InChI=1S/C19H23NO3/c1-14(19(22)16-6-4-3-5-7-16)20-13-12-18(21)15-8-10-17(23-2)11-9-15/h3-11,14,19-20,22H,12-13H2,1-2H3/t14-,19-/m1/s1. The Morgan fingerprint density at radius 2 is 1.78 bits per heavy atom. The molecule has 0 aliphatic heterocycles. The quantitative estimate of drug-likeness (QED) is 0.736. The summed E-state index contributed by atoms with van der Waals surface area (Å²) >= 11 is 0. The van der Waals surface area contributed by atoms with Gasteiger partial charge in [-0.15, -0.1) is 0 Å². The lowest BCUT2D eigenvalue weighted by Crippen LogP contribution is -2.33. The molecule has 0 spiro atoms. The number of hydrogen-bond donors (Lipinski definition) is 2. The highest BCUT2D eigenvalue weighted by Crippen LogP contribution is 2.16. The maximum Gasteiger partial charge on any atom is 0.164 e. The van der Waals surface area contributed by atoms with Gasteiger partial charge in [-0.1, -0.05) is 30.3 Å². The molecular formula is C19H23NO3. The SMILES string of the molecule is COc1ccc(C(=O)CCN[C@H](C)[C@@H](O)c2ccccc2)cc1. The smallest absolute Gasteiger partial charge is 0.164 e. The zero-order valence-corrected chi connectivity index (χ0v) is 13.5. The fourth-order valence-corrected chi connectivity index (χ4v) is 2.39. The van der Waals surface area contributed by atoms with Crippen LogP contribution in [0.5, 0.6) is 5.75 Å². The lowest BCUT2D eigenvalue weighted by atomic mass is 10.0. The highest BCUT2D eigenvalue weighted by molar-refractivity contribution is 5.96. The number of methoxy groups -OCH3 is 1. The molecule has 0 saturated carbocycles. The van der Waals surface area contributed by atoms with Crippen molar-refractivity contribution < 1.29 is 14.6 Å². The number of ketones is 1. The van der Waals surface area contributed by atoms with Gasteiger partial charge in [0, 0.05) is 24.6 Å². The predicted octanol–water partition coefficient (Wildman–Crippen LogP) is 2.98. The lowest BCUT2D eigenvalue weighted by Gasteiger charge is -2.20. The first kappa shape index (κ1) is 17.2. The van der Waals surface area contributed by atoms with Gasteiger partial charge in [0.15, 0.2) is 5.78 Å². The lowest BCUT2D eigenvalue weighted by molar-refractivity contribution is 0.0972. The van der Waals surface area contributed by atoms with Crippen LogP contribution in [0.4, 0.5) is 0 Å². The molecular weight excluding hydrogens is 290 g/mol. The van der Waals surface area contributed by atoms with Crippen LogP contribution in [0.3, 0.4) is 0 Å². The number of rotatable bonds is 8. The Bertz CT molecular complexity index is 610. The highest BCUT2D eigenvalue weighted by Gasteiger charge is 2.16. The molecule has 0 bridgehead atoms. The van der Waals surface area contributed by atoms with E-state index in [1.165, 1.54) is 0 Å². The van der Waals surface area contributed by atoms with Gasteiger partial charge in [0.1, 0.15) is 5.75 Å². The number of ether oxygens (including phenoxy) is 1. The van der Waals surface area contributed by atoms with Crippen molar-refractivity contribution in [2.45, 2.75) is 25.5 Å². The highest BCUT2D eigenvalue weighted by atomic mass is 16.5. The summed E-state index contributed by atoms with van der Waals surface area (Å²) in [6, 6.07) is 16.5. The number of carbonyl (C=O) groups excluding carboxylic acids is 1. The van der Waals surface area contributed by atoms with Crippen molar-refractivity contribution in [3.63, 3.8) is 0 Å². The molecule has 2 aromatic carbocycles. The number of benzene rings is 2. The summed E-state index contributed by atoms with van der Waals surface area (Å²) in [7, 11) is 1.60. The molecule has 0 aliphatic rings.